The molecule has 1 aliphatic heterocycles. The van der Waals surface area contributed by atoms with Crippen molar-refractivity contribution in [1.82, 2.24) is 5.32 Å². The van der Waals surface area contributed by atoms with Gasteiger partial charge in [-0.2, -0.15) is 0 Å². The second-order valence-electron chi connectivity index (χ2n) is 5.40. The van der Waals surface area contributed by atoms with Crippen LogP contribution < -0.4 is 5.32 Å². The predicted octanol–water partition coefficient (Wildman–Crippen LogP) is 2.74. The molecule has 1 N–H and O–H groups in total. The molecule has 0 amide bonds. The van der Waals surface area contributed by atoms with Gasteiger partial charge < -0.3 is 14.8 Å². The van der Waals surface area contributed by atoms with Crippen molar-refractivity contribution in [2.75, 3.05) is 20.3 Å². The van der Waals surface area contributed by atoms with Crippen LogP contribution >= 0.6 is 0 Å². The van der Waals surface area contributed by atoms with E-state index < -0.39 is 0 Å². The summed E-state index contributed by atoms with van der Waals surface area (Å²) in [6, 6.07) is 9.12. The number of rotatable bonds is 6. The van der Waals surface area contributed by atoms with E-state index in [2.05, 4.69) is 36.5 Å². The Balaban J connectivity index is 1.77. The molecule has 1 aromatic rings. The van der Waals surface area contributed by atoms with Crippen LogP contribution in [0.1, 0.15) is 30.9 Å². The Kier molecular flexibility index (Phi) is 5.83. The van der Waals surface area contributed by atoms with Crippen LogP contribution in [0, 0.1) is 5.92 Å². The lowest BCUT2D eigenvalue weighted by Crippen LogP contribution is -2.37. The molecule has 0 radical (unpaired) electrons. The molecule has 106 valence electrons. The van der Waals surface area contributed by atoms with Crippen LogP contribution in [0.2, 0.25) is 0 Å². The minimum Gasteiger partial charge on any atom is -0.381 e. The maximum absolute atomic E-state index is 5.54. The lowest BCUT2D eigenvalue weighted by atomic mass is 9.95. The van der Waals surface area contributed by atoms with Crippen LogP contribution in [0.3, 0.4) is 0 Å². The number of ether oxygens (including phenoxy) is 2. The molecular weight excluding hydrogens is 238 g/mol. The average Bonchev–Trinajstić information content (AvgIpc) is 2.47. The number of hydrogen-bond donors (Lipinski definition) is 1. The largest absolute Gasteiger partial charge is 0.381 e. The normalized spacial score (nSPS) is 21.3. The van der Waals surface area contributed by atoms with Gasteiger partial charge in [0.2, 0.25) is 0 Å². The van der Waals surface area contributed by atoms with E-state index >= 15 is 0 Å². The number of hydrogen-bond acceptors (Lipinski definition) is 3. The summed E-state index contributed by atoms with van der Waals surface area (Å²) in [6.45, 7) is 5.71. The van der Waals surface area contributed by atoms with Gasteiger partial charge in [0.25, 0.3) is 0 Å². The van der Waals surface area contributed by atoms with Crippen molar-refractivity contribution in [1.29, 1.82) is 0 Å². The minimum absolute atomic E-state index is 0.513. The third-order valence-electron chi connectivity index (χ3n) is 3.86. The topological polar surface area (TPSA) is 30.5 Å². The second-order valence-corrected chi connectivity index (χ2v) is 5.40. The molecular formula is C16H25NO2. The van der Waals surface area contributed by atoms with Crippen molar-refractivity contribution in [2.24, 2.45) is 5.92 Å². The smallest absolute Gasteiger partial charge is 0.0713 e. The van der Waals surface area contributed by atoms with E-state index in [0.29, 0.717) is 18.6 Å². The molecule has 1 heterocycles. The first-order valence-corrected chi connectivity index (χ1v) is 7.17. The Morgan fingerprint density at radius 3 is 2.68 bits per heavy atom. The molecule has 3 nitrogen and oxygen atoms in total. The quantitative estimate of drug-likeness (QED) is 0.856. The van der Waals surface area contributed by atoms with Crippen LogP contribution in [-0.2, 0) is 22.6 Å². The van der Waals surface area contributed by atoms with E-state index in [0.717, 1.165) is 19.8 Å². The fourth-order valence-corrected chi connectivity index (χ4v) is 2.53. The lowest BCUT2D eigenvalue weighted by Gasteiger charge is -2.28. The summed E-state index contributed by atoms with van der Waals surface area (Å²) in [4.78, 5) is 0. The summed E-state index contributed by atoms with van der Waals surface area (Å²) in [7, 11) is 1.73. The highest BCUT2D eigenvalue weighted by Gasteiger charge is 2.19. The lowest BCUT2D eigenvalue weighted by molar-refractivity contribution is 0.0417. The predicted molar refractivity (Wildman–Crippen MR) is 77.0 cm³/mol. The fraction of sp³-hybridized carbons (Fsp3) is 0.625. The molecule has 1 saturated heterocycles. The van der Waals surface area contributed by atoms with Crippen molar-refractivity contribution >= 4 is 0 Å². The van der Waals surface area contributed by atoms with Crippen molar-refractivity contribution in [3.8, 4) is 0 Å². The van der Waals surface area contributed by atoms with E-state index in [1.807, 2.05) is 0 Å². The van der Waals surface area contributed by atoms with Crippen molar-refractivity contribution < 1.29 is 9.47 Å². The summed E-state index contributed by atoms with van der Waals surface area (Å²) >= 11 is 0. The van der Waals surface area contributed by atoms with E-state index in [-0.39, 0.29) is 0 Å². The highest BCUT2D eigenvalue weighted by Crippen LogP contribution is 2.17. The van der Waals surface area contributed by atoms with Crippen molar-refractivity contribution in [3.63, 3.8) is 0 Å². The zero-order valence-electron chi connectivity index (χ0n) is 12.0. The molecule has 0 saturated carbocycles. The van der Waals surface area contributed by atoms with E-state index in [4.69, 9.17) is 9.47 Å². The molecule has 1 aliphatic rings. The molecule has 1 aromatic carbocycles. The Morgan fingerprint density at radius 1 is 1.32 bits per heavy atom. The Bertz CT molecular complexity index is 358. The first-order chi connectivity index (χ1) is 9.29. The SMILES string of the molecule is COCc1ccc(CN[C@H](C)[C@H]2CCCOC2)cc1. The molecule has 2 atom stereocenters. The maximum Gasteiger partial charge on any atom is 0.0713 e. The van der Waals surface area contributed by atoms with Gasteiger partial charge in [0.15, 0.2) is 0 Å². The third kappa shape index (κ3) is 4.60. The molecule has 0 aromatic heterocycles. The van der Waals surface area contributed by atoms with Crippen LogP contribution in [0.25, 0.3) is 0 Å². The fourth-order valence-electron chi connectivity index (χ4n) is 2.53. The van der Waals surface area contributed by atoms with Gasteiger partial charge in [0.05, 0.1) is 13.2 Å². The molecule has 2 rings (SSSR count). The van der Waals surface area contributed by atoms with E-state index in [1.165, 1.54) is 24.0 Å². The second kappa shape index (κ2) is 7.63. The molecule has 1 fully saturated rings. The van der Waals surface area contributed by atoms with Gasteiger partial charge in [-0.1, -0.05) is 24.3 Å². The highest BCUT2D eigenvalue weighted by molar-refractivity contribution is 5.21. The first kappa shape index (κ1) is 14.5. The zero-order chi connectivity index (χ0) is 13.5. The summed E-state index contributed by atoms with van der Waals surface area (Å²) in [5, 5.41) is 3.61. The van der Waals surface area contributed by atoms with Crippen LogP contribution in [-0.4, -0.2) is 26.4 Å². The molecule has 0 bridgehead atoms. The van der Waals surface area contributed by atoms with Gasteiger partial charge in [0, 0.05) is 26.3 Å². The Morgan fingerprint density at radius 2 is 2.05 bits per heavy atom. The standard InChI is InChI=1S/C16H25NO2/c1-13(16-4-3-9-19-12-16)17-10-14-5-7-15(8-6-14)11-18-2/h5-8,13,16-17H,3-4,9-12H2,1-2H3/t13-,16+/m1/s1. The summed E-state index contributed by atoms with van der Waals surface area (Å²) in [5.41, 5.74) is 2.54. The number of nitrogens with one attached hydrogen (secondary N) is 1. The Hall–Kier alpha value is -0.900. The van der Waals surface area contributed by atoms with E-state index in [1.54, 1.807) is 7.11 Å². The van der Waals surface area contributed by atoms with Crippen LogP contribution in [0.5, 0.6) is 0 Å². The number of methoxy groups -OCH3 is 1. The van der Waals surface area contributed by atoms with Gasteiger partial charge >= 0.3 is 0 Å². The summed E-state index contributed by atoms with van der Waals surface area (Å²) < 4.78 is 10.7. The van der Waals surface area contributed by atoms with Gasteiger partial charge in [-0.3, -0.25) is 0 Å². The van der Waals surface area contributed by atoms with Gasteiger partial charge in [-0.25, -0.2) is 0 Å². The molecule has 19 heavy (non-hydrogen) atoms. The number of benzene rings is 1. The third-order valence-corrected chi connectivity index (χ3v) is 3.86. The molecule has 0 spiro atoms. The highest BCUT2D eigenvalue weighted by atomic mass is 16.5. The average molecular weight is 263 g/mol. The van der Waals surface area contributed by atoms with Crippen LogP contribution in [0.15, 0.2) is 24.3 Å². The Labute approximate surface area is 116 Å². The van der Waals surface area contributed by atoms with Gasteiger partial charge in [-0.15, -0.1) is 0 Å². The monoisotopic (exact) mass is 263 g/mol. The summed E-state index contributed by atoms with van der Waals surface area (Å²) in [6.07, 6.45) is 2.48. The van der Waals surface area contributed by atoms with Crippen molar-refractivity contribution in [2.45, 2.75) is 39.0 Å². The molecule has 0 unspecified atom stereocenters. The molecule has 3 heteroatoms. The van der Waals surface area contributed by atoms with Gasteiger partial charge in [-0.05, 0) is 36.8 Å². The van der Waals surface area contributed by atoms with E-state index in [9.17, 15) is 0 Å². The van der Waals surface area contributed by atoms with Gasteiger partial charge in [0.1, 0.15) is 0 Å². The first-order valence-electron chi connectivity index (χ1n) is 7.17. The van der Waals surface area contributed by atoms with Crippen molar-refractivity contribution in [3.05, 3.63) is 35.4 Å². The zero-order valence-corrected chi connectivity index (χ0v) is 12.0. The molecule has 0 aliphatic carbocycles. The minimum atomic E-state index is 0.513. The van der Waals surface area contributed by atoms with Crippen LogP contribution in [0.4, 0.5) is 0 Å². The summed E-state index contributed by atoms with van der Waals surface area (Å²) in [5.74, 6) is 0.654. The maximum atomic E-state index is 5.54.